The molecule has 0 saturated carbocycles. The van der Waals surface area contributed by atoms with E-state index in [0.29, 0.717) is 44.9 Å². The van der Waals surface area contributed by atoms with E-state index in [0.717, 1.165) is 6.07 Å². The number of nitrogens with zero attached hydrogens (tertiary/aromatic N) is 3. The predicted octanol–water partition coefficient (Wildman–Crippen LogP) is 6.25. The minimum absolute atomic E-state index is 0.146. The second kappa shape index (κ2) is 10.8. The first kappa shape index (κ1) is 26.6. The van der Waals surface area contributed by atoms with Crippen molar-refractivity contribution in [2.45, 2.75) is 6.54 Å². The van der Waals surface area contributed by atoms with E-state index in [4.69, 9.17) is 4.74 Å². The molecule has 0 atom stereocenters. The molecule has 0 spiro atoms. The number of aromatic amines is 1. The molecule has 6 aromatic rings. The van der Waals surface area contributed by atoms with Crippen LogP contribution >= 0.6 is 0 Å². The van der Waals surface area contributed by atoms with Gasteiger partial charge in [-0.2, -0.15) is 5.10 Å². The molecule has 0 aliphatic carbocycles. The lowest BCUT2D eigenvalue weighted by Crippen LogP contribution is -2.19. The first-order valence-corrected chi connectivity index (χ1v) is 12.8. The quantitative estimate of drug-likeness (QED) is 0.238. The number of nitrogens with one attached hydrogen (secondary N) is 2. The summed E-state index contributed by atoms with van der Waals surface area (Å²) >= 11 is 0. The van der Waals surface area contributed by atoms with Crippen molar-refractivity contribution in [1.82, 2.24) is 19.3 Å². The first-order valence-electron chi connectivity index (χ1n) is 12.8. The molecule has 6 rings (SSSR count). The number of ether oxygens (including phenoxy) is 1. The molecule has 11 heteroatoms. The molecular weight excluding hydrogens is 547 g/mol. The number of carbonyl (C=O) groups excluding carboxylic acids is 1. The van der Waals surface area contributed by atoms with E-state index in [1.165, 1.54) is 29.2 Å². The fourth-order valence-electron chi connectivity index (χ4n) is 4.80. The third-order valence-corrected chi connectivity index (χ3v) is 6.69. The average Bonchev–Trinajstić information content (AvgIpc) is 3.56. The van der Waals surface area contributed by atoms with Crippen LogP contribution in [0.25, 0.3) is 33.2 Å². The largest absolute Gasteiger partial charge is 0.454 e. The zero-order valence-corrected chi connectivity index (χ0v) is 22.1. The lowest BCUT2D eigenvalue weighted by molar-refractivity contribution is -0.116. The van der Waals surface area contributed by atoms with Gasteiger partial charge in [-0.1, -0.05) is 18.2 Å². The zero-order chi connectivity index (χ0) is 29.4. The molecule has 3 aromatic carbocycles. The molecule has 8 nitrogen and oxygen atoms in total. The Labute approximate surface area is 236 Å². The van der Waals surface area contributed by atoms with Crippen LogP contribution in [-0.4, -0.2) is 25.2 Å². The second-order valence-corrected chi connectivity index (χ2v) is 9.57. The number of benzene rings is 3. The highest BCUT2D eigenvalue weighted by Crippen LogP contribution is 2.39. The number of aromatic nitrogens is 4. The van der Waals surface area contributed by atoms with Crippen LogP contribution in [-0.2, 0) is 18.4 Å². The standard InChI is InChI=1S/C31H22F3N5O3/c1-38-16-24(22-10-11-35-31(41)30(22)38)23-13-20(7-9-27(23)42-28-8-6-19(32)12-26(28)34)37-29(40)17-39-15-18(14-36-39)21-4-2-3-5-25(21)33/h2-16H,17H2,1H3,(H,35,41)(H,37,40). The highest BCUT2D eigenvalue weighted by atomic mass is 19.1. The number of fused-ring (bicyclic) bond motifs is 1. The van der Waals surface area contributed by atoms with Gasteiger partial charge in [0.2, 0.25) is 5.91 Å². The molecule has 1 amide bonds. The van der Waals surface area contributed by atoms with Crippen molar-refractivity contribution >= 4 is 22.5 Å². The number of rotatable bonds is 7. The van der Waals surface area contributed by atoms with Crippen molar-refractivity contribution in [1.29, 1.82) is 0 Å². The van der Waals surface area contributed by atoms with Crippen LogP contribution in [0, 0.1) is 17.5 Å². The molecule has 0 aliphatic rings. The summed E-state index contributed by atoms with van der Waals surface area (Å²) in [6.45, 7) is -0.146. The van der Waals surface area contributed by atoms with E-state index >= 15 is 0 Å². The Morgan fingerprint density at radius 3 is 2.55 bits per heavy atom. The number of pyridine rings is 1. The van der Waals surface area contributed by atoms with Crippen molar-refractivity contribution in [2.24, 2.45) is 7.05 Å². The topological polar surface area (TPSA) is 93.9 Å². The molecule has 0 bridgehead atoms. The van der Waals surface area contributed by atoms with E-state index in [1.54, 1.807) is 66.5 Å². The maximum atomic E-state index is 14.5. The van der Waals surface area contributed by atoms with Crippen molar-refractivity contribution in [3.05, 3.63) is 119 Å². The minimum Gasteiger partial charge on any atom is -0.454 e. The molecule has 3 aromatic heterocycles. The van der Waals surface area contributed by atoms with Gasteiger partial charge in [-0.05, 0) is 42.5 Å². The summed E-state index contributed by atoms with van der Waals surface area (Å²) in [7, 11) is 1.71. The lowest BCUT2D eigenvalue weighted by Gasteiger charge is -2.14. The van der Waals surface area contributed by atoms with Gasteiger partial charge in [0.05, 0.1) is 6.20 Å². The molecule has 42 heavy (non-hydrogen) atoms. The number of amides is 1. The summed E-state index contributed by atoms with van der Waals surface area (Å²) in [5.74, 6) is -2.42. The van der Waals surface area contributed by atoms with Crippen LogP contribution in [0.2, 0.25) is 0 Å². The Hall–Kier alpha value is -5.58. The fraction of sp³-hybridized carbons (Fsp3) is 0.0645. The number of halogens is 3. The lowest BCUT2D eigenvalue weighted by atomic mass is 10.0. The summed E-state index contributed by atoms with van der Waals surface area (Å²) in [5.41, 5.74) is 2.45. The van der Waals surface area contributed by atoms with Crippen molar-refractivity contribution in [3.63, 3.8) is 0 Å². The van der Waals surface area contributed by atoms with Crippen LogP contribution in [0.3, 0.4) is 0 Å². The summed E-state index contributed by atoms with van der Waals surface area (Å²) in [5, 5.41) is 7.59. The Balaban J connectivity index is 1.33. The molecule has 3 heterocycles. The van der Waals surface area contributed by atoms with Gasteiger partial charge in [-0.25, -0.2) is 13.2 Å². The highest BCUT2D eigenvalue weighted by Gasteiger charge is 2.18. The fourth-order valence-corrected chi connectivity index (χ4v) is 4.80. The molecule has 0 unspecified atom stereocenters. The summed E-state index contributed by atoms with van der Waals surface area (Å²) in [6, 6.07) is 15.7. The van der Waals surface area contributed by atoms with Crippen LogP contribution in [0.1, 0.15) is 0 Å². The van der Waals surface area contributed by atoms with E-state index in [2.05, 4.69) is 15.4 Å². The van der Waals surface area contributed by atoms with E-state index in [9.17, 15) is 22.8 Å². The summed E-state index contributed by atoms with van der Waals surface area (Å²) < 4.78 is 51.0. The van der Waals surface area contributed by atoms with E-state index in [1.807, 2.05) is 0 Å². The molecule has 0 fully saturated rings. The van der Waals surface area contributed by atoms with Gasteiger partial charge in [0.15, 0.2) is 11.6 Å². The number of anilines is 1. The third kappa shape index (κ3) is 5.15. The number of aryl methyl sites for hydroxylation is 1. The summed E-state index contributed by atoms with van der Waals surface area (Å²) in [6.07, 6.45) is 6.29. The Kier molecular flexibility index (Phi) is 6.83. The van der Waals surface area contributed by atoms with Crippen LogP contribution in [0.15, 0.2) is 96.3 Å². The van der Waals surface area contributed by atoms with Gasteiger partial charge in [-0.15, -0.1) is 0 Å². The van der Waals surface area contributed by atoms with Gasteiger partial charge < -0.3 is 19.6 Å². The minimum atomic E-state index is -0.887. The van der Waals surface area contributed by atoms with Crippen LogP contribution in [0.5, 0.6) is 11.5 Å². The number of H-pyrrole nitrogens is 1. The number of carbonyl (C=O) groups is 1. The van der Waals surface area contributed by atoms with Crippen molar-refractivity contribution < 1.29 is 22.7 Å². The SMILES string of the molecule is Cn1cc(-c2cc(NC(=O)Cn3cc(-c4ccccc4F)cn3)ccc2Oc2ccc(F)cc2F)c2cc[nH]c(=O)c21. The molecule has 2 N–H and O–H groups in total. The van der Waals surface area contributed by atoms with Gasteiger partial charge in [0.25, 0.3) is 5.56 Å². The first-order chi connectivity index (χ1) is 20.3. The Morgan fingerprint density at radius 2 is 1.74 bits per heavy atom. The second-order valence-electron chi connectivity index (χ2n) is 9.57. The van der Waals surface area contributed by atoms with Gasteiger partial charge >= 0.3 is 0 Å². The van der Waals surface area contributed by atoms with E-state index < -0.39 is 23.4 Å². The molecular formula is C31H22F3N5O3. The maximum absolute atomic E-state index is 14.5. The van der Waals surface area contributed by atoms with Crippen molar-refractivity contribution in [2.75, 3.05) is 5.32 Å². The third-order valence-electron chi connectivity index (χ3n) is 6.69. The van der Waals surface area contributed by atoms with Gasteiger partial charge in [0, 0.05) is 65.0 Å². The predicted molar refractivity (Wildman–Crippen MR) is 152 cm³/mol. The number of hydrogen-bond donors (Lipinski definition) is 2. The smallest absolute Gasteiger partial charge is 0.272 e. The summed E-state index contributed by atoms with van der Waals surface area (Å²) in [4.78, 5) is 28.1. The van der Waals surface area contributed by atoms with Crippen LogP contribution in [0.4, 0.5) is 18.9 Å². The molecule has 0 aliphatic heterocycles. The zero-order valence-electron chi connectivity index (χ0n) is 22.1. The normalized spacial score (nSPS) is 11.1. The van der Waals surface area contributed by atoms with Crippen molar-refractivity contribution in [3.8, 4) is 33.8 Å². The molecule has 0 saturated heterocycles. The highest BCUT2D eigenvalue weighted by molar-refractivity contribution is 5.99. The Bertz CT molecular complexity index is 2030. The van der Waals surface area contributed by atoms with Gasteiger partial charge in [-0.3, -0.25) is 14.3 Å². The van der Waals surface area contributed by atoms with E-state index in [-0.39, 0.29) is 23.6 Å². The number of hydrogen-bond acceptors (Lipinski definition) is 4. The average molecular weight is 570 g/mol. The maximum Gasteiger partial charge on any atom is 0.272 e. The molecule has 210 valence electrons. The molecule has 0 radical (unpaired) electrons. The monoisotopic (exact) mass is 569 g/mol. The van der Waals surface area contributed by atoms with Gasteiger partial charge in [0.1, 0.15) is 29.4 Å². The Morgan fingerprint density at radius 1 is 0.929 bits per heavy atom. The van der Waals surface area contributed by atoms with Crippen LogP contribution < -0.4 is 15.6 Å².